The summed E-state index contributed by atoms with van der Waals surface area (Å²) in [5, 5.41) is 0. The summed E-state index contributed by atoms with van der Waals surface area (Å²) in [6.07, 6.45) is 3.89. The summed E-state index contributed by atoms with van der Waals surface area (Å²) in [5.74, 6) is 0.127. The van der Waals surface area contributed by atoms with Gasteiger partial charge in [-0.05, 0) is 33.1 Å². The molecule has 1 aliphatic rings. The van der Waals surface area contributed by atoms with Crippen LogP contribution in [0.3, 0.4) is 0 Å². The van der Waals surface area contributed by atoms with E-state index in [1.807, 2.05) is 20.9 Å². The van der Waals surface area contributed by atoms with Crippen LogP contribution in [0.5, 0.6) is 0 Å². The number of nitrogens with zero attached hydrogens (tertiary/aromatic N) is 1. The summed E-state index contributed by atoms with van der Waals surface area (Å²) in [6.45, 7) is 5.22. The largest absolute Gasteiger partial charge is 0.378 e. The third-order valence-corrected chi connectivity index (χ3v) is 3.46. The van der Waals surface area contributed by atoms with Gasteiger partial charge in [0.25, 0.3) is 0 Å². The lowest BCUT2D eigenvalue weighted by molar-refractivity contribution is -0.138. The molecule has 16 heavy (non-hydrogen) atoms. The van der Waals surface area contributed by atoms with Gasteiger partial charge in [-0.2, -0.15) is 0 Å². The first-order valence-corrected chi connectivity index (χ1v) is 6.05. The van der Waals surface area contributed by atoms with E-state index in [1.165, 1.54) is 6.42 Å². The van der Waals surface area contributed by atoms with E-state index in [0.29, 0.717) is 13.0 Å². The second-order valence-electron chi connectivity index (χ2n) is 5.16. The van der Waals surface area contributed by atoms with Crippen molar-refractivity contribution in [2.24, 2.45) is 5.73 Å². The Labute approximate surface area is 98.1 Å². The van der Waals surface area contributed by atoms with E-state index in [2.05, 4.69) is 0 Å². The first-order chi connectivity index (χ1) is 7.47. The van der Waals surface area contributed by atoms with E-state index in [1.54, 1.807) is 4.90 Å². The molecule has 1 fully saturated rings. The predicted molar refractivity (Wildman–Crippen MR) is 64.1 cm³/mol. The number of likely N-dealkylation sites (N-methyl/N-ethyl adjacent to an activating group) is 1. The van der Waals surface area contributed by atoms with Gasteiger partial charge in [0.2, 0.25) is 5.91 Å². The molecular weight excluding hydrogens is 204 g/mol. The van der Waals surface area contributed by atoms with Crippen molar-refractivity contribution in [1.82, 2.24) is 4.90 Å². The molecule has 0 bridgehead atoms. The standard InChI is InChI=1S/C12H24N2O2/c1-12(2,9-13)14(3)11(15)8-10-6-4-5-7-16-10/h10H,4-9,13H2,1-3H3. The molecule has 0 radical (unpaired) electrons. The maximum Gasteiger partial charge on any atom is 0.225 e. The van der Waals surface area contributed by atoms with Crippen molar-refractivity contribution in [3.63, 3.8) is 0 Å². The fourth-order valence-corrected chi connectivity index (χ4v) is 1.77. The van der Waals surface area contributed by atoms with E-state index < -0.39 is 0 Å². The van der Waals surface area contributed by atoms with Crippen LogP contribution < -0.4 is 5.73 Å². The normalized spacial score (nSPS) is 21.9. The number of carbonyl (C=O) groups excluding carboxylic acids is 1. The Balaban J connectivity index is 2.44. The number of hydrogen-bond acceptors (Lipinski definition) is 3. The van der Waals surface area contributed by atoms with Gasteiger partial charge in [-0.15, -0.1) is 0 Å². The average molecular weight is 228 g/mol. The van der Waals surface area contributed by atoms with Crippen LogP contribution in [0.2, 0.25) is 0 Å². The molecule has 1 rings (SSSR count). The molecule has 0 spiro atoms. The van der Waals surface area contributed by atoms with E-state index in [-0.39, 0.29) is 17.6 Å². The minimum Gasteiger partial charge on any atom is -0.378 e. The van der Waals surface area contributed by atoms with Crippen molar-refractivity contribution in [2.45, 2.75) is 51.2 Å². The molecule has 4 nitrogen and oxygen atoms in total. The number of nitrogens with two attached hydrogens (primary N) is 1. The van der Waals surface area contributed by atoms with Gasteiger partial charge in [-0.25, -0.2) is 0 Å². The highest BCUT2D eigenvalue weighted by Crippen LogP contribution is 2.19. The lowest BCUT2D eigenvalue weighted by atomic mass is 10.0. The lowest BCUT2D eigenvalue weighted by Crippen LogP contribution is -2.50. The van der Waals surface area contributed by atoms with E-state index >= 15 is 0 Å². The summed E-state index contributed by atoms with van der Waals surface area (Å²) < 4.78 is 5.57. The van der Waals surface area contributed by atoms with Crippen LogP contribution in [-0.2, 0) is 9.53 Å². The van der Waals surface area contributed by atoms with Gasteiger partial charge in [0.1, 0.15) is 0 Å². The van der Waals surface area contributed by atoms with E-state index in [0.717, 1.165) is 19.4 Å². The van der Waals surface area contributed by atoms with Crippen molar-refractivity contribution in [3.05, 3.63) is 0 Å². The molecule has 0 aromatic carbocycles. The number of rotatable bonds is 4. The summed E-state index contributed by atoms with van der Waals surface area (Å²) in [4.78, 5) is 13.7. The second-order valence-corrected chi connectivity index (χ2v) is 5.16. The molecular formula is C12H24N2O2. The molecule has 94 valence electrons. The zero-order valence-corrected chi connectivity index (χ0v) is 10.7. The second kappa shape index (κ2) is 5.64. The molecule has 0 saturated carbocycles. The molecule has 0 aromatic heterocycles. The van der Waals surface area contributed by atoms with Crippen LogP contribution >= 0.6 is 0 Å². The molecule has 1 saturated heterocycles. The number of amides is 1. The monoisotopic (exact) mass is 228 g/mol. The van der Waals surface area contributed by atoms with Crippen LogP contribution in [0.25, 0.3) is 0 Å². The maximum absolute atomic E-state index is 12.0. The third-order valence-electron chi connectivity index (χ3n) is 3.46. The first-order valence-electron chi connectivity index (χ1n) is 6.05. The Hall–Kier alpha value is -0.610. The van der Waals surface area contributed by atoms with Crippen LogP contribution in [0.15, 0.2) is 0 Å². The molecule has 2 N–H and O–H groups in total. The number of carbonyl (C=O) groups is 1. The molecule has 1 heterocycles. The van der Waals surface area contributed by atoms with E-state index in [9.17, 15) is 4.79 Å². The number of hydrogen-bond donors (Lipinski definition) is 1. The quantitative estimate of drug-likeness (QED) is 0.785. The highest BCUT2D eigenvalue weighted by atomic mass is 16.5. The molecule has 1 atom stereocenters. The van der Waals surface area contributed by atoms with Gasteiger partial charge in [-0.1, -0.05) is 0 Å². The maximum atomic E-state index is 12.0. The third kappa shape index (κ3) is 3.46. The fourth-order valence-electron chi connectivity index (χ4n) is 1.77. The number of ether oxygens (including phenoxy) is 1. The van der Waals surface area contributed by atoms with Gasteiger partial charge in [0.15, 0.2) is 0 Å². The van der Waals surface area contributed by atoms with Gasteiger partial charge in [-0.3, -0.25) is 4.79 Å². The molecule has 1 amide bonds. The zero-order chi connectivity index (χ0) is 12.2. The Morgan fingerprint density at radius 3 is 2.69 bits per heavy atom. The summed E-state index contributed by atoms with van der Waals surface area (Å²) in [6, 6.07) is 0. The van der Waals surface area contributed by atoms with E-state index in [4.69, 9.17) is 10.5 Å². The Kier molecular flexibility index (Phi) is 4.74. The lowest BCUT2D eigenvalue weighted by Gasteiger charge is -2.35. The Morgan fingerprint density at radius 1 is 1.50 bits per heavy atom. The van der Waals surface area contributed by atoms with Crippen LogP contribution in [0.1, 0.15) is 39.5 Å². The minimum atomic E-state index is -0.272. The minimum absolute atomic E-state index is 0.109. The van der Waals surface area contributed by atoms with Crippen LogP contribution in [0, 0.1) is 0 Å². The zero-order valence-electron chi connectivity index (χ0n) is 10.7. The molecule has 0 aromatic rings. The van der Waals surface area contributed by atoms with Crippen molar-refractivity contribution in [1.29, 1.82) is 0 Å². The fraction of sp³-hybridized carbons (Fsp3) is 0.917. The summed E-state index contributed by atoms with van der Waals surface area (Å²) >= 11 is 0. The van der Waals surface area contributed by atoms with Crippen molar-refractivity contribution < 1.29 is 9.53 Å². The van der Waals surface area contributed by atoms with Gasteiger partial charge < -0.3 is 15.4 Å². The van der Waals surface area contributed by atoms with Crippen molar-refractivity contribution in [2.75, 3.05) is 20.2 Å². The Bertz CT molecular complexity index is 235. The SMILES string of the molecule is CN(C(=O)CC1CCCCO1)C(C)(C)CN. The highest BCUT2D eigenvalue weighted by Gasteiger charge is 2.28. The highest BCUT2D eigenvalue weighted by molar-refractivity contribution is 5.77. The van der Waals surface area contributed by atoms with Gasteiger partial charge in [0.05, 0.1) is 12.5 Å². The predicted octanol–water partition coefficient (Wildman–Crippen LogP) is 1.14. The average Bonchev–Trinajstić information content (AvgIpc) is 2.29. The molecule has 1 aliphatic heterocycles. The molecule has 0 aliphatic carbocycles. The summed E-state index contributed by atoms with van der Waals surface area (Å²) in [5.41, 5.74) is 5.38. The van der Waals surface area contributed by atoms with Crippen molar-refractivity contribution >= 4 is 5.91 Å². The van der Waals surface area contributed by atoms with Gasteiger partial charge in [0, 0.05) is 25.7 Å². The smallest absolute Gasteiger partial charge is 0.225 e. The van der Waals surface area contributed by atoms with Crippen LogP contribution in [-0.4, -0.2) is 42.6 Å². The molecule has 4 heteroatoms. The topological polar surface area (TPSA) is 55.6 Å². The first kappa shape index (κ1) is 13.5. The molecule has 1 unspecified atom stereocenters. The Morgan fingerprint density at radius 2 is 2.19 bits per heavy atom. The summed E-state index contributed by atoms with van der Waals surface area (Å²) in [7, 11) is 1.82. The van der Waals surface area contributed by atoms with Crippen LogP contribution in [0.4, 0.5) is 0 Å². The van der Waals surface area contributed by atoms with Gasteiger partial charge >= 0.3 is 0 Å². The van der Waals surface area contributed by atoms with Crippen molar-refractivity contribution in [3.8, 4) is 0 Å².